The number of hydrogen-bond acceptors (Lipinski definition) is 7. The van der Waals surface area contributed by atoms with Gasteiger partial charge in [-0.2, -0.15) is 4.98 Å². The first-order valence-electron chi connectivity index (χ1n) is 7.66. The second-order valence-electron chi connectivity index (χ2n) is 5.45. The molecule has 0 aliphatic carbocycles. The van der Waals surface area contributed by atoms with Gasteiger partial charge >= 0.3 is 0 Å². The number of amides is 1. The molecular weight excluding hydrogens is 336 g/mol. The quantitative estimate of drug-likeness (QED) is 0.648. The van der Waals surface area contributed by atoms with Crippen molar-refractivity contribution in [2.75, 3.05) is 23.0 Å². The number of thiazole rings is 1. The molecule has 128 valence electrons. The Morgan fingerprint density at radius 3 is 2.68 bits per heavy atom. The van der Waals surface area contributed by atoms with Crippen molar-refractivity contribution in [2.45, 2.75) is 13.8 Å². The fourth-order valence-electron chi connectivity index (χ4n) is 2.28. The number of aromatic nitrogens is 3. The van der Waals surface area contributed by atoms with Crippen LogP contribution in [0.4, 0.5) is 23.3 Å². The van der Waals surface area contributed by atoms with E-state index in [0.717, 1.165) is 22.8 Å². The van der Waals surface area contributed by atoms with Crippen molar-refractivity contribution in [3.63, 3.8) is 0 Å². The van der Waals surface area contributed by atoms with Crippen LogP contribution >= 0.6 is 11.3 Å². The lowest BCUT2D eigenvalue weighted by molar-refractivity contribution is 0.102. The van der Waals surface area contributed by atoms with E-state index in [1.54, 1.807) is 24.0 Å². The second kappa shape index (κ2) is 7.27. The van der Waals surface area contributed by atoms with Crippen LogP contribution < -0.4 is 16.0 Å². The molecule has 0 atom stereocenters. The van der Waals surface area contributed by atoms with E-state index in [9.17, 15) is 4.79 Å². The molecule has 0 saturated carbocycles. The van der Waals surface area contributed by atoms with Crippen molar-refractivity contribution in [3.8, 4) is 0 Å². The fourth-order valence-corrected chi connectivity index (χ4v) is 2.77. The molecular formula is C17H18N6OS. The minimum Gasteiger partial charge on any atom is -0.373 e. The molecule has 0 bridgehead atoms. The first kappa shape index (κ1) is 16.8. The van der Waals surface area contributed by atoms with Gasteiger partial charge in [-0.15, -0.1) is 11.3 Å². The smallest absolute Gasteiger partial charge is 0.257 e. The van der Waals surface area contributed by atoms with Crippen LogP contribution in [-0.4, -0.2) is 27.9 Å². The maximum Gasteiger partial charge on any atom is 0.257 e. The largest absolute Gasteiger partial charge is 0.373 e. The number of aryl methyl sites for hydroxylation is 2. The van der Waals surface area contributed by atoms with Gasteiger partial charge in [0, 0.05) is 35.4 Å². The normalized spacial score (nSPS) is 10.4. The SMILES string of the molecule is CNc1cc(C)nc(Nc2ccc(C)c(C(=O)Nc3cscn3)c2)n1. The summed E-state index contributed by atoms with van der Waals surface area (Å²) in [6.07, 6.45) is 0. The van der Waals surface area contributed by atoms with Crippen molar-refractivity contribution in [1.82, 2.24) is 15.0 Å². The maximum atomic E-state index is 12.5. The average Bonchev–Trinajstić information content (AvgIpc) is 3.09. The minimum atomic E-state index is -0.201. The highest BCUT2D eigenvalue weighted by Gasteiger charge is 2.12. The molecule has 2 heterocycles. The number of rotatable bonds is 5. The Kier molecular flexibility index (Phi) is 4.90. The summed E-state index contributed by atoms with van der Waals surface area (Å²) in [5.41, 5.74) is 4.70. The highest BCUT2D eigenvalue weighted by atomic mass is 32.1. The molecule has 3 N–H and O–H groups in total. The summed E-state index contributed by atoms with van der Waals surface area (Å²) in [6, 6.07) is 7.40. The fraction of sp³-hybridized carbons (Fsp3) is 0.176. The van der Waals surface area contributed by atoms with Crippen LogP contribution in [0, 0.1) is 13.8 Å². The Hall–Kier alpha value is -3.00. The molecule has 25 heavy (non-hydrogen) atoms. The van der Waals surface area contributed by atoms with Gasteiger partial charge in [-0.1, -0.05) is 6.07 Å². The Morgan fingerprint density at radius 1 is 1.12 bits per heavy atom. The van der Waals surface area contributed by atoms with E-state index in [-0.39, 0.29) is 5.91 Å². The lowest BCUT2D eigenvalue weighted by atomic mass is 10.1. The van der Waals surface area contributed by atoms with Crippen molar-refractivity contribution < 1.29 is 4.79 Å². The molecule has 0 aliphatic heterocycles. The van der Waals surface area contributed by atoms with E-state index < -0.39 is 0 Å². The predicted molar refractivity (Wildman–Crippen MR) is 101 cm³/mol. The van der Waals surface area contributed by atoms with Crippen molar-refractivity contribution in [1.29, 1.82) is 0 Å². The Morgan fingerprint density at radius 2 is 1.96 bits per heavy atom. The number of anilines is 4. The predicted octanol–water partition coefficient (Wildman–Crippen LogP) is 3.59. The maximum absolute atomic E-state index is 12.5. The molecule has 0 radical (unpaired) electrons. The van der Waals surface area contributed by atoms with E-state index in [1.807, 2.05) is 32.0 Å². The number of carbonyl (C=O) groups is 1. The third-order valence-electron chi connectivity index (χ3n) is 3.52. The van der Waals surface area contributed by atoms with Gasteiger partial charge in [0.25, 0.3) is 5.91 Å². The molecule has 1 aromatic carbocycles. The summed E-state index contributed by atoms with van der Waals surface area (Å²) in [5, 5.41) is 10.7. The van der Waals surface area contributed by atoms with Crippen molar-refractivity contribution in [2.24, 2.45) is 0 Å². The molecule has 3 rings (SSSR count). The number of benzene rings is 1. The Bertz CT molecular complexity index is 894. The van der Waals surface area contributed by atoms with Gasteiger partial charge < -0.3 is 16.0 Å². The molecule has 0 fully saturated rings. The van der Waals surface area contributed by atoms with Gasteiger partial charge in [0.1, 0.15) is 11.6 Å². The van der Waals surface area contributed by atoms with Crippen LogP contribution in [0.25, 0.3) is 0 Å². The topological polar surface area (TPSA) is 91.8 Å². The molecule has 1 amide bonds. The van der Waals surface area contributed by atoms with Crippen molar-refractivity contribution >= 4 is 40.5 Å². The summed E-state index contributed by atoms with van der Waals surface area (Å²) in [5.74, 6) is 1.55. The van der Waals surface area contributed by atoms with Gasteiger partial charge in [-0.05, 0) is 31.5 Å². The van der Waals surface area contributed by atoms with Crippen LogP contribution in [-0.2, 0) is 0 Å². The van der Waals surface area contributed by atoms with Gasteiger partial charge in [-0.3, -0.25) is 4.79 Å². The first-order chi connectivity index (χ1) is 12.0. The van der Waals surface area contributed by atoms with E-state index in [1.165, 1.54) is 11.3 Å². The highest BCUT2D eigenvalue weighted by Crippen LogP contribution is 2.20. The summed E-state index contributed by atoms with van der Waals surface area (Å²) in [6.45, 7) is 3.79. The van der Waals surface area contributed by atoms with Crippen LogP contribution in [0.1, 0.15) is 21.6 Å². The zero-order chi connectivity index (χ0) is 17.8. The van der Waals surface area contributed by atoms with E-state index in [2.05, 4.69) is 30.9 Å². The number of hydrogen-bond donors (Lipinski definition) is 3. The van der Waals surface area contributed by atoms with Crippen LogP contribution in [0.3, 0.4) is 0 Å². The van der Waals surface area contributed by atoms with E-state index >= 15 is 0 Å². The van der Waals surface area contributed by atoms with Gasteiger partial charge in [-0.25, -0.2) is 9.97 Å². The highest BCUT2D eigenvalue weighted by molar-refractivity contribution is 7.07. The molecule has 0 unspecified atom stereocenters. The monoisotopic (exact) mass is 354 g/mol. The minimum absolute atomic E-state index is 0.201. The first-order valence-corrected chi connectivity index (χ1v) is 8.60. The van der Waals surface area contributed by atoms with Gasteiger partial charge in [0.2, 0.25) is 5.95 Å². The molecule has 8 heteroatoms. The number of nitrogens with one attached hydrogen (secondary N) is 3. The van der Waals surface area contributed by atoms with Crippen LogP contribution in [0.5, 0.6) is 0 Å². The lowest BCUT2D eigenvalue weighted by Gasteiger charge is -2.11. The summed E-state index contributed by atoms with van der Waals surface area (Å²) >= 11 is 1.43. The molecule has 0 saturated heterocycles. The van der Waals surface area contributed by atoms with E-state index in [0.29, 0.717) is 17.3 Å². The zero-order valence-electron chi connectivity index (χ0n) is 14.1. The van der Waals surface area contributed by atoms with E-state index in [4.69, 9.17) is 0 Å². The standard InChI is InChI=1S/C17H18N6OS/c1-10-4-5-12(21-17-20-11(2)6-14(18-3)23-17)7-13(10)16(24)22-15-8-25-9-19-15/h4-9H,1-3H3,(H,22,24)(H2,18,20,21,23). The lowest BCUT2D eigenvalue weighted by Crippen LogP contribution is -2.14. The Balaban J connectivity index is 1.84. The van der Waals surface area contributed by atoms with Crippen LogP contribution in [0.15, 0.2) is 35.2 Å². The van der Waals surface area contributed by atoms with Crippen LogP contribution in [0.2, 0.25) is 0 Å². The molecule has 3 aromatic rings. The zero-order valence-corrected chi connectivity index (χ0v) is 14.9. The summed E-state index contributed by atoms with van der Waals surface area (Å²) < 4.78 is 0. The molecule has 2 aromatic heterocycles. The second-order valence-corrected chi connectivity index (χ2v) is 6.17. The number of carbonyl (C=O) groups excluding carboxylic acids is 1. The van der Waals surface area contributed by atoms with Gasteiger partial charge in [0.05, 0.1) is 5.51 Å². The average molecular weight is 354 g/mol. The van der Waals surface area contributed by atoms with Crippen molar-refractivity contribution in [3.05, 3.63) is 52.0 Å². The third-order valence-corrected chi connectivity index (χ3v) is 4.11. The summed E-state index contributed by atoms with van der Waals surface area (Å²) in [7, 11) is 1.80. The summed E-state index contributed by atoms with van der Waals surface area (Å²) in [4.78, 5) is 25.3. The van der Waals surface area contributed by atoms with Gasteiger partial charge in [0.15, 0.2) is 0 Å². The molecule has 0 spiro atoms. The molecule has 0 aliphatic rings. The Labute approximate surface area is 149 Å². The number of nitrogens with zero attached hydrogens (tertiary/aromatic N) is 3. The molecule has 7 nitrogen and oxygen atoms in total. The third kappa shape index (κ3) is 4.10.